The molecule has 0 fully saturated rings. The van der Waals surface area contributed by atoms with E-state index < -0.39 is 11.4 Å². The molecule has 2 N–H and O–H groups in total. The zero-order valence-electron chi connectivity index (χ0n) is 21.3. The molecule has 37 heavy (non-hydrogen) atoms. The van der Waals surface area contributed by atoms with Gasteiger partial charge in [-0.1, -0.05) is 43.7 Å². The third kappa shape index (κ3) is 6.14. The van der Waals surface area contributed by atoms with Crippen LogP contribution in [0.3, 0.4) is 0 Å². The van der Waals surface area contributed by atoms with Gasteiger partial charge in [-0.05, 0) is 42.7 Å². The fraction of sp³-hybridized carbons (Fsp3) is 0.286. The predicted molar refractivity (Wildman–Crippen MR) is 144 cm³/mol. The Morgan fingerprint density at radius 1 is 1.16 bits per heavy atom. The van der Waals surface area contributed by atoms with Crippen LogP contribution in [-0.2, 0) is 17.6 Å². The molecule has 0 radical (unpaired) electrons. The number of ether oxygens (including phenoxy) is 3. The van der Waals surface area contributed by atoms with Crippen molar-refractivity contribution in [3.05, 3.63) is 86.8 Å². The molecule has 0 saturated heterocycles. The Kier molecular flexibility index (Phi) is 9.36. The Balaban J connectivity index is 2.11. The van der Waals surface area contributed by atoms with Crippen molar-refractivity contribution >= 4 is 17.5 Å². The van der Waals surface area contributed by atoms with Crippen molar-refractivity contribution in [2.45, 2.75) is 32.6 Å². The number of aromatic nitrogens is 1. The van der Waals surface area contributed by atoms with Gasteiger partial charge >= 0.3 is 0 Å². The number of H-pyrrole nitrogens is 1. The van der Waals surface area contributed by atoms with Crippen molar-refractivity contribution in [2.75, 3.05) is 21.3 Å². The molecule has 0 bridgehead atoms. The number of allylic oxidation sites excluding steroid dienone is 1. The Bertz CT molecular complexity index is 1360. The van der Waals surface area contributed by atoms with E-state index in [1.165, 1.54) is 33.4 Å². The number of benzene rings is 2. The molecule has 0 saturated carbocycles. The van der Waals surface area contributed by atoms with E-state index >= 15 is 0 Å². The van der Waals surface area contributed by atoms with E-state index in [1.54, 1.807) is 24.3 Å². The molecule has 1 heterocycles. The van der Waals surface area contributed by atoms with E-state index in [2.05, 4.69) is 16.6 Å². The van der Waals surface area contributed by atoms with Gasteiger partial charge in [0.2, 0.25) is 5.90 Å². The van der Waals surface area contributed by atoms with Crippen LogP contribution in [0.5, 0.6) is 17.2 Å². The molecule has 3 rings (SSSR count). The van der Waals surface area contributed by atoms with Gasteiger partial charge in [0.15, 0.2) is 0 Å². The summed E-state index contributed by atoms with van der Waals surface area (Å²) in [5.41, 5.74) is 1.19. The SMILES string of the molecule is C=C(Cc1ccc(Cl)c(F)c1)OC(=NC)c1c(O)c(-c2c(OC)cccc2OC)c(CCCC)[nH]c1=O. The van der Waals surface area contributed by atoms with Gasteiger partial charge in [-0.2, -0.15) is 0 Å². The molecule has 0 aliphatic carbocycles. The van der Waals surface area contributed by atoms with Crippen molar-refractivity contribution in [3.8, 4) is 28.4 Å². The summed E-state index contributed by atoms with van der Waals surface area (Å²) in [5, 5.41) is 11.5. The van der Waals surface area contributed by atoms with E-state index in [4.69, 9.17) is 25.8 Å². The second-order valence-corrected chi connectivity index (χ2v) is 8.67. The molecule has 0 aliphatic heterocycles. The smallest absolute Gasteiger partial charge is 0.264 e. The van der Waals surface area contributed by atoms with Crippen molar-refractivity contribution < 1.29 is 23.7 Å². The minimum atomic E-state index is -0.577. The molecular weight excluding hydrogens is 499 g/mol. The number of hydrogen-bond donors (Lipinski definition) is 2. The largest absolute Gasteiger partial charge is 0.506 e. The van der Waals surface area contributed by atoms with Crippen LogP contribution in [0.15, 0.2) is 58.5 Å². The van der Waals surface area contributed by atoms with Crippen LogP contribution in [0, 0.1) is 5.82 Å². The molecule has 7 nitrogen and oxygen atoms in total. The lowest BCUT2D eigenvalue weighted by atomic mass is 9.95. The lowest BCUT2D eigenvalue weighted by Crippen LogP contribution is -2.23. The Hall–Kier alpha value is -3.78. The van der Waals surface area contributed by atoms with Crippen molar-refractivity contribution in [3.63, 3.8) is 0 Å². The van der Waals surface area contributed by atoms with Crippen LogP contribution in [0.4, 0.5) is 4.39 Å². The van der Waals surface area contributed by atoms with E-state index in [0.717, 1.165) is 12.8 Å². The number of unbranched alkanes of at least 4 members (excludes halogenated alkanes) is 1. The fourth-order valence-corrected chi connectivity index (χ4v) is 4.12. The molecule has 3 aromatic rings. The van der Waals surface area contributed by atoms with Crippen LogP contribution >= 0.6 is 11.6 Å². The zero-order valence-corrected chi connectivity index (χ0v) is 22.0. The number of methoxy groups -OCH3 is 2. The van der Waals surface area contributed by atoms with Crippen LogP contribution in [0.2, 0.25) is 5.02 Å². The van der Waals surface area contributed by atoms with Crippen LogP contribution in [0.25, 0.3) is 11.1 Å². The maximum absolute atomic E-state index is 13.9. The standard InChI is InChI=1S/C28H30ClFN2O5/c1-6-7-9-20-23(24-21(35-4)10-8-11-22(24)36-5)26(33)25(27(34)32-20)28(31-3)37-16(2)14-17-12-13-18(29)19(30)15-17/h8,10-13,15H,2,6-7,9,14H2,1,3-5H3,(H2,32,33,34). The number of aliphatic imine (C=N–C) groups is 1. The fourth-order valence-electron chi connectivity index (χ4n) is 4.00. The van der Waals surface area contributed by atoms with Gasteiger partial charge in [-0.3, -0.25) is 9.79 Å². The first-order valence-corrected chi connectivity index (χ1v) is 12.1. The second kappa shape index (κ2) is 12.5. The van der Waals surface area contributed by atoms with Gasteiger partial charge < -0.3 is 24.3 Å². The maximum Gasteiger partial charge on any atom is 0.264 e. The van der Waals surface area contributed by atoms with Crippen molar-refractivity contribution in [1.82, 2.24) is 4.98 Å². The quantitative estimate of drug-likeness (QED) is 0.190. The van der Waals surface area contributed by atoms with Crippen LogP contribution in [-0.4, -0.2) is 37.3 Å². The highest BCUT2D eigenvalue weighted by atomic mass is 35.5. The minimum Gasteiger partial charge on any atom is -0.506 e. The maximum atomic E-state index is 13.9. The summed E-state index contributed by atoms with van der Waals surface area (Å²) in [5.74, 6) is 0.0565. The topological polar surface area (TPSA) is 93.1 Å². The van der Waals surface area contributed by atoms with Crippen LogP contribution < -0.4 is 15.0 Å². The van der Waals surface area contributed by atoms with Crippen LogP contribution in [0.1, 0.15) is 36.6 Å². The number of nitrogens with one attached hydrogen (secondary N) is 1. The first-order valence-electron chi connectivity index (χ1n) is 11.7. The van der Waals surface area contributed by atoms with Gasteiger partial charge in [-0.25, -0.2) is 4.39 Å². The number of hydrogen-bond acceptors (Lipinski definition) is 6. The average Bonchev–Trinajstić information content (AvgIpc) is 2.88. The third-order valence-corrected chi connectivity index (χ3v) is 6.07. The summed E-state index contributed by atoms with van der Waals surface area (Å²) in [6, 6.07) is 9.60. The van der Waals surface area contributed by atoms with E-state index in [-0.39, 0.29) is 34.4 Å². The number of nitrogens with zero attached hydrogens (tertiary/aromatic N) is 1. The first kappa shape index (κ1) is 27.8. The number of aromatic hydroxyl groups is 1. The zero-order chi connectivity index (χ0) is 27.1. The van der Waals surface area contributed by atoms with Crippen molar-refractivity contribution in [2.24, 2.45) is 4.99 Å². The van der Waals surface area contributed by atoms with E-state index in [9.17, 15) is 14.3 Å². The molecule has 0 spiro atoms. The number of aryl methyl sites for hydroxylation is 1. The highest BCUT2D eigenvalue weighted by Gasteiger charge is 2.27. The summed E-state index contributed by atoms with van der Waals surface area (Å²) in [4.78, 5) is 20.2. The number of halogens is 2. The predicted octanol–water partition coefficient (Wildman–Crippen LogP) is 6.05. The number of aromatic amines is 1. The number of pyridine rings is 1. The van der Waals surface area contributed by atoms with Crippen molar-refractivity contribution in [1.29, 1.82) is 0 Å². The van der Waals surface area contributed by atoms with Gasteiger partial charge in [0.1, 0.15) is 34.4 Å². The molecule has 0 unspecified atom stereocenters. The second-order valence-electron chi connectivity index (χ2n) is 8.27. The summed E-state index contributed by atoms with van der Waals surface area (Å²) in [7, 11) is 4.45. The van der Waals surface area contributed by atoms with Gasteiger partial charge in [0.05, 0.1) is 30.4 Å². The summed E-state index contributed by atoms with van der Waals surface area (Å²) >= 11 is 5.76. The Morgan fingerprint density at radius 2 is 1.84 bits per heavy atom. The highest BCUT2D eigenvalue weighted by molar-refractivity contribution is 6.30. The lowest BCUT2D eigenvalue weighted by Gasteiger charge is -2.20. The van der Waals surface area contributed by atoms with E-state index in [0.29, 0.717) is 40.3 Å². The molecule has 196 valence electrons. The molecule has 2 aromatic carbocycles. The molecule has 1 aromatic heterocycles. The Morgan fingerprint density at radius 3 is 2.41 bits per heavy atom. The molecule has 0 atom stereocenters. The summed E-state index contributed by atoms with van der Waals surface area (Å²) in [6.45, 7) is 5.91. The minimum absolute atomic E-state index is 0.00464. The van der Waals surface area contributed by atoms with Gasteiger partial charge in [-0.15, -0.1) is 0 Å². The first-order chi connectivity index (χ1) is 17.7. The third-order valence-electron chi connectivity index (χ3n) is 5.77. The Labute approximate surface area is 220 Å². The lowest BCUT2D eigenvalue weighted by molar-refractivity contribution is 0.394. The summed E-state index contributed by atoms with van der Waals surface area (Å²) in [6.07, 6.45) is 2.29. The monoisotopic (exact) mass is 528 g/mol. The molecule has 0 amide bonds. The van der Waals surface area contributed by atoms with E-state index in [1.807, 2.05) is 6.92 Å². The molecular formula is C28H30ClFN2O5. The normalized spacial score (nSPS) is 11.4. The molecule has 0 aliphatic rings. The van der Waals surface area contributed by atoms with Gasteiger partial charge in [0.25, 0.3) is 5.56 Å². The molecule has 9 heteroatoms. The highest BCUT2D eigenvalue weighted by Crippen LogP contribution is 2.44. The van der Waals surface area contributed by atoms with Gasteiger partial charge in [0, 0.05) is 19.2 Å². The summed E-state index contributed by atoms with van der Waals surface area (Å²) < 4.78 is 30.8. The number of rotatable bonds is 10. The average molecular weight is 529 g/mol.